The second-order valence-electron chi connectivity index (χ2n) is 7.99. The number of hydrogen-bond donors (Lipinski definition) is 2. The minimum absolute atomic E-state index is 0.212. The Balaban J connectivity index is 1.42. The molecule has 2 saturated heterocycles. The van der Waals surface area contributed by atoms with Crippen LogP contribution in [0, 0.1) is 0 Å². The molecule has 2 amide bonds. The zero-order chi connectivity index (χ0) is 22.0. The lowest BCUT2D eigenvalue weighted by Gasteiger charge is -2.24. The summed E-state index contributed by atoms with van der Waals surface area (Å²) in [6.07, 6.45) is 2.15. The summed E-state index contributed by atoms with van der Waals surface area (Å²) in [6, 6.07) is 9.71. The fourth-order valence-electron chi connectivity index (χ4n) is 4.09. The van der Waals surface area contributed by atoms with Gasteiger partial charge in [0.2, 0.25) is 0 Å². The average molecular weight is 463 g/mol. The van der Waals surface area contributed by atoms with Crippen molar-refractivity contribution in [1.82, 2.24) is 5.32 Å². The highest BCUT2D eigenvalue weighted by Crippen LogP contribution is 2.31. The summed E-state index contributed by atoms with van der Waals surface area (Å²) in [4.78, 5) is 29.2. The molecule has 166 valence electrons. The summed E-state index contributed by atoms with van der Waals surface area (Å²) in [5, 5.41) is 2.82. The molecule has 7 nitrogen and oxygen atoms in total. The fourth-order valence-corrected chi connectivity index (χ4v) is 5.05. The number of carbonyl (C=O) groups excluding carboxylic acids is 2. The van der Waals surface area contributed by atoms with E-state index >= 15 is 0 Å². The lowest BCUT2D eigenvalue weighted by atomic mass is 10.1. The van der Waals surface area contributed by atoms with Crippen LogP contribution in [0.25, 0.3) is 0 Å². The van der Waals surface area contributed by atoms with E-state index in [9.17, 15) is 9.59 Å². The fraction of sp³-hybridized carbons (Fsp3) is 0.455. The summed E-state index contributed by atoms with van der Waals surface area (Å²) in [7, 11) is 0. The lowest BCUT2D eigenvalue weighted by molar-refractivity contribution is 0.0920. The molecule has 2 atom stereocenters. The Kier molecular flexibility index (Phi) is 6.69. The van der Waals surface area contributed by atoms with Crippen LogP contribution < -0.4 is 20.9 Å². The van der Waals surface area contributed by atoms with Gasteiger partial charge in [0, 0.05) is 30.5 Å². The van der Waals surface area contributed by atoms with Gasteiger partial charge < -0.3 is 20.7 Å². The maximum atomic E-state index is 12.5. The molecule has 2 unspecified atom stereocenters. The second-order valence-corrected chi connectivity index (χ2v) is 9.70. The van der Waals surface area contributed by atoms with Gasteiger partial charge in [-0.25, -0.2) is 4.79 Å². The Labute approximate surface area is 191 Å². The molecule has 2 fully saturated rings. The van der Waals surface area contributed by atoms with Crippen LogP contribution in [-0.2, 0) is 11.2 Å². The molecule has 1 aromatic carbocycles. The molecule has 0 saturated carbocycles. The molecule has 3 N–H and O–H groups in total. The molecular weight excluding hydrogens is 436 g/mol. The zero-order valence-electron chi connectivity index (χ0n) is 17.5. The molecule has 31 heavy (non-hydrogen) atoms. The van der Waals surface area contributed by atoms with Gasteiger partial charge in [-0.05, 0) is 48.7 Å². The van der Waals surface area contributed by atoms with Crippen molar-refractivity contribution in [2.75, 3.05) is 36.0 Å². The van der Waals surface area contributed by atoms with Gasteiger partial charge in [-0.1, -0.05) is 24.9 Å². The largest absolute Gasteiger partial charge is 0.442 e. The lowest BCUT2D eigenvalue weighted by Crippen LogP contribution is -2.34. The maximum absolute atomic E-state index is 12.5. The van der Waals surface area contributed by atoms with Gasteiger partial charge in [0.15, 0.2) is 0 Å². The highest BCUT2D eigenvalue weighted by Gasteiger charge is 2.33. The Bertz CT molecular complexity index is 966. The van der Waals surface area contributed by atoms with E-state index in [0.29, 0.717) is 15.8 Å². The number of cyclic esters (lactones) is 1. The highest BCUT2D eigenvalue weighted by atomic mass is 35.5. The summed E-state index contributed by atoms with van der Waals surface area (Å²) in [6.45, 7) is 4.61. The molecule has 0 aliphatic carbocycles. The molecule has 0 bridgehead atoms. The third-order valence-corrected chi connectivity index (χ3v) is 6.85. The number of nitrogens with one attached hydrogen (secondary N) is 1. The van der Waals surface area contributed by atoms with E-state index in [2.05, 4.69) is 29.3 Å². The second kappa shape index (κ2) is 9.46. The standard InChI is InChI=1S/C22H27ClN4O3S/c1-2-3-14-10-16(4-5-18(14)26-9-8-15(24)12-26)27-13-17(30-22(27)29)11-25-21(28)19-6-7-20(23)31-19/h4-7,10,15,17H,2-3,8-9,11-13,24H2,1H3,(H,25,28). The van der Waals surface area contributed by atoms with E-state index in [-0.39, 0.29) is 18.5 Å². The van der Waals surface area contributed by atoms with Crippen LogP contribution in [-0.4, -0.2) is 50.3 Å². The summed E-state index contributed by atoms with van der Waals surface area (Å²) < 4.78 is 6.05. The molecule has 4 rings (SSSR count). The predicted molar refractivity (Wildman–Crippen MR) is 125 cm³/mol. The predicted octanol–water partition coefficient (Wildman–Crippen LogP) is 3.65. The molecule has 1 aromatic heterocycles. The third-order valence-electron chi connectivity index (χ3n) is 5.62. The first kappa shape index (κ1) is 21.9. The van der Waals surface area contributed by atoms with Crippen molar-refractivity contribution in [3.8, 4) is 0 Å². The van der Waals surface area contributed by atoms with Crippen molar-refractivity contribution in [2.24, 2.45) is 5.73 Å². The molecule has 0 radical (unpaired) electrons. The van der Waals surface area contributed by atoms with Gasteiger partial charge in [-0.15, -0.1) is 11.3 Å². The van der Waals surface area contributed by atoms with E-state index in [1.54, 1.807) is 17.0 Å². The van der Waals surface area contributed by atoms with Crippen molar-refractivity contribution in [3.05, 3.63) is 45.1 Å². The zero-order valence-corrected chi connectivity index (χ0v) is 19.0. The van der Waals surface area contributed by atoms with Gasteiger partial charge in [0.1, 0.15) is 6.10 Å². The number of amides is 2. The molecule has 2 aromatic rings. The third kappa shape index (κ3) is 4.97. The molecular formula is C22H27ClN4O3S. The van der Waals surface area contributed by atoms with Gasteiger partial charge >= 0.3 is 6.09 Å². The van der Waals surface area contributed by atoms with Crippen LogP contribution in [0.5, 0.6) is 0 Å². The van der Waals surface area contributed by atoms with Crippen LogP contribution in [0.4, 0.5) is 16.2 Å². The van der Waals surface area contributed by atoms with Crippen molar-refractivity contribution in [1.29, 1.82) is 0 Å². The van der Waals surface area contributed by atoms with Crippen LogP contribution in [0.15, 0.2) is 30.3 Å². The minimum Gasteiger partial charge on any atom is -0.442 e. The van der Waals surface area contributed by atoms with E-state index in [1.165, 1.54) is 22.6 Å². The van der Waals surface area contributed by atoms with E-state index in [4.69, 9.17) is 22.1 Å². The number of thiophene rings is 1. The SMILES string of the molecule is CCCc1cc(N2CC(CNC(=O)c3ccc(Cl)s3)OC2=O)ccc1N1CCC(N)C1. The first-order valence-electron chi connectivity index (χ1n) is 10.6. The maximum Gasteiger partial charge on any atom is 0.414 e. The quantitative estimate of drug-likeness (QED) is 0.655. The van der Waals surface area contributed by atoms with Crippen molar-refractivity contribution in [2.45, 2.75) is 38.3 Å². The normalized spacial score (nSPS) is 20.9. The summed E-state index contributed by atoms with van der Waals surface area (Å²) in [5.74, 6) is -0.218. The Morgan fingerprint density at radius 3 is 2.84 bits per heavy atom. The smallest absolute Gasteiger partial charge is 0.414 e. The summed E-state index contributed by atoms with van der Waals surface area (Å²) in [5.41, 5.74) is 9.32. The van der Waals surface area contributed by atoms with Crippen LogP contribution >= 0.6 is 22.9 Å². The first-order valence-corrected chi connectivity index (χ1v) is 11.8. The molecule has 0 spiro atoms. The number of nitrogens with zero attached hydrogens (tertiary/aromatic N) is 2. The van der Waals surface area contributed by atoms with Crippen molar-refractivity contribution < 1.29 is 14.3 Å². The van der Waals surface area contributed by atoms with E-state index in [0.717, 1.165) is 38.0 Å². The van der Waals surface area contributed by atoms with Gasteiger partial charge in [-0.3, -0.25) is 9.69 Å². The number of ether oxygens (including phenoxy) is 1. The summed E-state index contributed by atoms with van der Waals surface area (Å²) >= 11 is 7.10. The molecule has 2 aliphatic heterocycles. The first-order chi connectivity index (χ1) is 14.9. The van der Waals surface area contributed by atoms with E-state index < -0.39 is 12.2 Å². The average Bonchev–Trinajstić information content (AvgIpc) is 3.46. The minimum atomic E-state index is -0.405. The number of anilines is 2. The topological polar surface area (TPSA) is 87.9 Å². The Hall–Kier alpha value is -2.29. The Morgan fingerprint density at radius 2 is 2.16 bits per heavy atom. The molecule has 3 heterocycles. The van der Waals surface area contributed by atoms with Gasteiger partial charge in [-0.2, -0.15) is 0 Å². The van der Waals surface area contributed by atoms with Gasteiger partial charge in [0.05, 0.1) is 22.3 Å². The van der Waals surface area contributed by atoms with Crippen LogP contribution in [0.1, 0.15) is 35.0 Å². The van der Waals surface area contributed by atoms with Crippen molar-refractivity contribution in [3.63, 3.8) is 0 Å². The number of hydrogen-bond acceptors (Lipinski definition) is 6. The van der Waals surface area contributed by atoms with Crippen LogP contribution in [0.3, 0.4) is 0 Å². The molecule has 9 heteroatoms. The number of rotatable bonds is 7. The number of aryl methyl sites for hydroxylation is 1. The highest BCUT2D eigenvalue weighted by molar-refractivity contribution is 7.18. The Morgan fingerprint density at radius 1 is 1.32 bits per heavy atom. The van der Waals surface area contributed by atoms with Crippen molar-refractivity contribution >= 4 is 46.3 Å². The number of benzene rings is 1. The van der Waals surface area contributed by atoms with Crippen LogP contribution in [0.2, 0.25) is 4.34 Å². The monoisotopic (exact) mass is 462 g/mol. The van der Waals surface area contributed by atoms with E-state index in [1.807, 2.05) is 6.07 Å². The number of carbonyl (C=O) groups is 2. The number of halogens is 1. The van der Waals surface area contributed by atoms with Gasteiger partial charge in [0.25, 0.3) is 5.91 Å². The molecule has 2 aliphatic rings. The number of nitrogens with two attached hydrogens (primary N) is 1.